The molecule has 1 rings (SSSR count). The van der Waals surface area contributed by atoms with Crippen molar-refractivity contribution in [1.29, 1.82) is 0 Å². The Morgan fingerprint density at radius 2 is 2.20 bits per heavy atom. The maximum Gasteiger partial charge on any atom is 0.165 e. The molecule has 86 valence electrons. The highest BCUT2D eigenvalue weighted by molar-refractivity contribution is 4.79. The molecule has 0 saturated carbocycles. The molecule has 0 unspecified atom stereocenters. The second-order valence-corrected chi connectivity index (χ2v) is 4.20. The molecular formula is C10H21N5. The summed E-state index contributed by atoms with van der Waals surface area (Å²) in [7, 11) is 0. The summed E-state index contributed by atoms with van der Waals surface area (Å²) in [5, 5.41) is 15.0. The van der Waals surface area contributed by atoms with Gasteiger partial charge in [-0.25, -0.2) is 4.68 Å². The van der Waals surface area contributed by atoms with Gasteiger partial charge in [-0.15, -0.1) is 5.10 Å². The van der Waals surface area contributed by atoms with Gasteiger partial charge in [0.05, 0.1) is 6.54 Å². The monoisotopic (exact) mass is 211 g/mol. The van der Waals surface area contributed by atoms with Crippen LogP contribution in [0.1, 0.15) is 39.4 Å². The minimum Gasteiger partial charge on any atom is -0.310 e. The highest BCUT2D eigenvalue weighted by Crippen LogP contribution is 1.97. The number of hydrogen-bond acceptors (Lipinski definition) is 4. The van der Waals surface area contributed by atoms with Crippen molar-refractivity contribution >= 4 is 0 Å². The normalized spacial score (nSPS) is 11.2. The standard InChI is InChI=1S/C10H21N5/c1-4-5-6-15-10(12-13-14-15)8-11-7-9(2)3/h9,11H,4-8H2,1-3H3. The van der Waals surface area contributed by atoms with Crippen molar-refractivity contribution in [2.45, 2.75) is 46.7 Å². The SMILES string of the molecule is CCCCn1nnnc1CNCC(C)C. The first-order chi connectivity index (χ1) is 7.24. The van der Waals surface area contributed by atoms with Gasteiger partial charge in [0, 0.05) is 6.54 Å². The number of aromatic nitrogens is 4. The molecule has 0 amide bonds. The molecule has 0 fully saturated rings. The Morgan fingerprint density at radius 3 is 2.87 bits per heavy atom. The van der Waals surface area contributed by atoms with Gasteiger partial charge in [-0.1, -0.05) is 27.2 Å². The summed E-state index contributed by atoms with van der Waals surface area (Å²) in [6, 6.07) is 0. The molecule has 1 aromatic heterocycles. The van der Waals surface area contributed by atoms with Crippen molar-refractivity contribution in [2.75, 3.05) is 6.54 Å². The topological polar surface area (TPSA) is 55.6 Å². The summed E-state index contributed by atoms with van der Waals surface area (Å²) >= 11 is 0. The third kappa shape index (κ3) is 4.38. The van der Waals surface area contributed by atoms with Crippen molar-refractivity contribution in [3.8, 4) is 0 Å². The number of nitrogens with one attached hydrogen (secondary N) is 1. The largest absolute Gasteiger partial charge is 0.310 e. The quantitative estimate of drug-likeness (QED) is 0.736. The van der Waals surface area contributed by atoms with Gasteiger partial charge in [0.25, 0.3) is 0 Å². The molecule has 0 aliphatic rings. The summed E-state index contributed by atoms with van der Waals surface area (Å²) in [4.78, 5) is 0. The molecule has 0 atom stereocenters. The first-order valence-electron chi connectivity index (χ1n) is 5.69. The van der Waals surface area contributed by atoms with Gasteiger partial charge in [0.1, 0.15) is 0 Å². The maximum atomic E-state index is 4.01. The molecule has 0 saturated heterocycles. The highest BCUT2D eigenvalue weighted by Gasteiger charge is 2.04. The zero-order chi connectivity index (χ0) is 11.1. The summed E-state index contributed by atoms with van der Waals surface area (Å²) < 4.78 is 1.89. The van der Waals surface area contributed by atoms with Crippen LogP contribution in [0.15, 0.2) is 0 Å². The Hall–Kier alpha value is -0.970. The molecular weight excluding hydrogens is 190 g/mol. The van der Waals surface area contributed by atoms with E-state index in [1.807, 2.05) is 4.68 Å². The van der Waals surface area contributed by atoms with Crippen LogP contribution in [0.2, 0.25) is 0 Å². The van der Waals surface area contributed by atoms with E-state index in [1.54, 1.807) is 0 Å². The van der Waals surface area contributed by atoms with Gasteiger partial charge in [0.15, 0.2) is 5.82 Å². The first-order valence-corrected chi connectivity index (χ1v) is 5.69. The summed E-state index contributed by atoms with van der Waals surface area (Å²) in [5.41, 5.74) is 0. The van der Waals surface area contributed by atoms with Crippen LogP contribution in [-0.4, -0.2) is 26.8 Å². The fraction of sp³-hybridized carbons (Fsp3) is 0.900. The van der Waals surface area contributed by atoms with Crippen LogP contribution >= 0.6 is 0 Å². The second-order valence-electron chi connectivity index (χ2n) is 4.20. The fourth-order valence-corrected chi connectivity index (χ4v) is 1.30. The van der Waals surface area contributed by atoms with E-state index in [1.165, 1.54) is 6.42 Å². The van der Waals surface area contributed by atoms with E-state index in [4.69, 9.17) is 0 Å². The number of nitrogens with zero attached hydrogens (tertiary/aromatic N) is 4. The summed E-state index contributed by atoms with van der Waals surface area (Å²) in [6.07, 6.45) is 2.29. The van der Waals surface area contributed by atoms with Crippen molar-refractivity contribution < 1.29 is 0 Å². The zero-order valence-corrected chi connectivity index (χ0v) is 9.90. The molecule has 0 aliphatic carbocycles. The van der Waals surface area contributed by atoms with Crippen LogP contribution < -0.4 is 5.32 Å². The smallest absolute Gasteiger partial charge is 0.165 e. The predicted molar refractivity (Wildman–Crippen MR) is 59.3 cm³/mol. The third-order valence-corrected chi connectivity index (χ3v) is 2.17. The predicted octanol–water partition coefficient (Wildman–Crippen LogP) is 1.22. The Labute approximate surface area is 91.2 Å². The molecule has 0 spiro atoms. The van der Waals surface area contributed by atoms with Crippen LogP contribution in [-0.2, 0) is 13.1 Å². The Kier molecular flexibility index (Phi) is 5.25. The number of unbranched alkanes of at least 4 members (excludes halogenated alkanes) is 1. The van der Waals surface area contributed by atoms with E-state index < -0.39 is 0 Å². The molecule has 5 nitrogen and oxygen atoms in total. The van der Waals surface area contributed by atoms with E-state index in [0.717, 1.165) is 31.9 Å². The van der Waals surface area contributed by atoms with Gasteiger partial charge < -0.3 is 5.32 Å². The van der Waals surface area contributed by atoms with Crippen LogP contribution in [0.5, 0.6) is 0 Å². The number of aryl methyl sites for hydroxylation is 1. The van der Waals surface area contributed by atoms with Crippen LogP contribution in [0, 0.1) is 5.92 Å². The number of tetrazole rings is 1. The molecule has 1 aromatic rings. The average Bonchev–Trinajstić information content (AvgIpc) is 2.62. The van der Waals surface area contributed by atoms with Gasteiger partial charge in [-0.3, -0.25) is 0 Å². The van der Waals surface area contributed by atoms with Gasteiger partial charge in [-0.2, -0.15) is 0 Å². The van der Waals surface area contributed by atoms with E-state index in [0.29, 0.717) is 5.92 Å². The maximum absolute atomic E-state index is 4.01. The van der Waals surface area contributed by atoms with E-state index in [-0.39, 0.29) is 0 Å². The summed E-state index contributed by atoms with van der Waals surface area (Å²) in [5.74, 6) is 1.59. The lowest BCUT2D eigenvalue weighted by Crippen LogP contribution is -2.21. The highest BCUT2D eigenvalue weighted by atomic mass is 15.5. The van der Waals surface area contributed by atoms with E-state index >= 15 is 0 Å². The third-order valence-electron chi connectivity index (χ3n) is 2.17. The van der Waals surface area contributed by atoms with Gasteiger partial charge >= 0.3 is 0 Å². The molecule has 0 radical (unpaired) electrons. The number of hydrogen-bond donors (Lipinski definition) is 1. The van der Waals surface area contributed by atoms with Gasteiger partial charge in [0.2, 0.25) is 0 Å². The van der Waals surface area contributed by atoms with Crippen molar-refractivity contribution in [3.63, 3.8) is 0 Å². The van der Waals surface area contributed by atoms with Crippen LogP contribution in [0.4, 0.5) is 0 Å². The lowest BCUT2D eigenvalue weighted by atomic mass is 10.2. The Balaban J connectivity index is 2.35. The molecule has 15 heavy (non-hydrogen) atoms. The zero-order valence-electron chi connectivity index (χ0n) is 9.90. The lowest BCUT2D eigenvalue weighted by molar-refractivity contribution is 0.497. The van der Waals surface area contributed by atoms with Gasteiger partial charge in [-0.05, 0) is 29.3 Å². The molecule has 5 heteroatoms. The lowest BCUT2D eigenvalue weighted by Gasteiger charge is -2.07. The summed E-state index contributed by atoms with van der Waals surface area (Å²) in [6.45, 7) is 9.22. The molecule has 1 heterocycles. The Bertz CT molecular complexity index is 269. The molecule has 1 N–H and O–H groups in total. The molecule has 0 aliphatic heterocycles. The van der Waals surface area contributed by atoms with Crippen molar-refractivity contribution in [2.24, 2.45) is 5.92 Å². The first kappa shape index (κ1) is 12.1. The fourth-order valence-electron chi connectivity index (χ4n) is 1.30. The minimum atomic E-state index is 0.657. The minimum absolute atomic E-state index is 0.657. The molecule has 0 aromatic carbocycles. The number of rotatable bonds is 7. The average molecular weight is 211 g/mol. The van der Waals surface area contributed by atoms with E-state index in [2.05, 4.69) is 41.6 Å². The molecule has 0 bridgehead atoms. The van der Waals surface area contributed by atoms with E-state index in [9.17, 15) is 0 Å². The van der Waals surface area contributed by atoms with Crippen molar-refractivity contribution in [3.05, 3.63) is 5.82 Å². The van der Waals surface area contributed by atoms with Crippen LogP contribution in [0.25, 0.3) is 0 Å². The van der Waals surface area contributed by atoms with Crippen LogP contribution in [0.3, 0.4) is 0 Å². The van der Waals surface area contributed by atoms with Crippen molar-refractivity contribution in [1.82, 2.24) is 25.5 Å². The Morgan fingerprint density at radius 1 is 1.40 bits per heavy atom. The second kappa shape index (κ2) is 6.50.